The third kappa shape index (κ3) is 2.83. The van der Waals surface area contributed by atoms with E-state index in [4.69, 9.17) is 4.99 Å². The Balaban J connectivity index is 1.93. The van der Waals surface area contributed by atoms with E-state index < -0.39 is 4.92 Å². The van der Waals surface area contributed by atoms with Crippen molar-refractivity contribution in [2.75, 3.05) is 5.32 Å². The van der Waals surface area contributed by atoms with E-state index in [0.717, 1.165) is 23.5 Å². The molecule has 22 heavy (non-hydrogen) atoms. The number of fused-ring (bicyclic) bond motifs is 1. The minimum atomic E-state index is -0.402. The summed E-state index contributed by atoms with van der Waals surface area (Å²) in [5, 5.41) is 14.0. The maximum atomic E-state index is 10.7. The molecule has 0 bridgehead atoms. The summed E-state index contributed by atoms with van der Waals surface area (Å²) >= 11 is 0. The predicted octanol–water partition coefficient (Wildman–Crippen LogP) is 3.79. The first-order valence-electron chi connectivity index (χ1n) is 7.14. The lowest BCUT2D eigenvalue weighted by atomic mass is 9.89. The van der Waals surface area contributed by atoms with Gasteiger partial charge in [0, 0.05) is 23.4 Å². The fourth-order valence-electron chi connectivity index (χ4n) is 2.67. The molecule has 0 fully saturated rings. The van der Waals surface area contributed by atoms with Crippen LogP contribution in [0.3, 0.4) is 0 Å². The Morgan fingerprint density at radius 3 is 2.50 bits per heavy atom. The van der Waals surface area contributed by atoms with Gasteiger partial charge in [-0.2, -0.15) is 0 Å². The van der Waals surface area contributed by atoms with Crippen molar-refractivity contribution in [2.45, 2.75) is 25.8 Å². The first-order valence-corrected chi connectivity index (χ1v) is 7.14. The Hall–Kier alpha value is -2.69. The van der Waals surface area contributed by atoms with Crippen LogP contribution in [0.1, 0.15) is 25.0 Å². The molecule has 0 spiro atoms. The summed E-state index contributed by atoms with van der Waals surface area (Å²) in [5.41, 5.74) is 3.04. The molecule has 0 amide bonds. The quantitative estimate of drug-likeness (QED) is 0.677. The molecule has 0 radical (unpaired) electrons. The van der Waals surface area contributed by atoms with Gasteiger partial charge in [0.05, 0.1) is 10.5 Å². The smallest absolute Gasteiger partial charge is 0.269 e. The average molecular weight is 295 g/mol. The van der Waals surface area contributed by atoms with Crippen molar-refractivity contribution in [3.63, 3.8) is 0 Å². The van der Waals surface area contributed by atoms with E-state index in [1.807, 2.05) is 18.2 Å². The van der Waals surface area contributed by atoms with Crippen LogP contribution in [0.5, 0.6) is 0 Å². The monoisotopic (exact) mass is 295 g/mol. The number of hydrogen-bond donors (Lipinski definition) is 1. The standard InChI is InChI=1S/C17H17N3O2/c1-17(2)11-12-5-3-4-6-15(12)16(19-17)18-13-7-9-14(10-8-13)20(21)22/h3-10H,11H2,1-2H3,(H,18,19). The van der Waals surface area contributed by atoms with E-state index in [2.05, 4.69) is 25.2 Å². The van der Waals surface area contributed by atoms with E-state index >= 15 is 0 Å². The lowest BCUT2D eigenvalue weighted by Crippen LogP contribution is -2.32. The lowest BCUT2D eigenvalue weighted by molar-refractivity contribution is -0.384. The molecule has 0 aromatic heterocycles. The molecule has 0 saturated heterocycles. The third-order valence-corrected chi connectivity index (χ3v) is 3.65. The highest BCUT2D eigenvalue weighted by atomic mass is 16.6. The fourth-order valence-corrected chi connectivity index (χ4v) is 2.67. The second-order valence-corrected chi connectivity index (χ2v) is 6.04. The minimum absolute atomic E-state index is 0.0804. The molecule has 1 aliphatic rings. The molecule has 2 aromatic rings. The van der Waals surface area contributed by atoms with Crippen LogP contribution < -0.4 is 5.32 Å². The molecular formula is C17H17N3O2. The first-order chi connectivity index (χ1) is 10.4. The van der Waals surface area contributed by atoms with Gasteiger partial charge in [0.25, 0.3) is 5.69 Å². The van der Waals surface area contributed by atoms with Crippen molar-refractivity contribution in [3.05, 3.63) is 69.8 Å². The van der Waals surface area contributed by atoms with Crippen LogP contribution in [0.15, 0.2) is 53.5 Å². The number of non-ortho nitro benzene ring substituents is 1. The fraction of sp³-hybridized carbons (Fsp3) is 0.235. The first kappa shape index (κ1) is 14.3. The number of hydrogen-bond acceptors (Lipinski definition) is 4. The van der Waals surface area contributed by atoms with E-state index in [1.54, 1.807) is 12.1 Å². The second-order valence-electron chi connectivity index (χ2n) is 6.04. The van der Waals surface area contributed by atoms with Crippen LogP contribution in [0, 0.1) is 10.1 Å². The summed E-state index contributed by atoms with van der Waals surface area (Å²) in [5.74, 6) is 0.806. The maximum Gasteiger partial charge on any atom is 0.269 e. The van der Waals surface area contributed by atoms with E-state index in [9.17, 15) is 10.1 Å². The van der Waals surface area contributed by atoms with E-state index in [0.29, 0.717) is 0 Å². The van der Waals surface area contributed by atoms with E-state index in [-0.39, 0.29) is 11.2 Å². The number of amidine groups is 1. The van der Waals surface area contributed by atoms with Crippen molar-refractivity contribution in [2.24, 2.45) is 4.99 Å². The Labute approximate surface area is 128 Å². The van der Waals surface area contributed by atoms with Crippen LogP contribution in [0.25, 0.3) is 0 Å². The zero-order valence-electron chi connectivity index (χ0n) is 12.5. The molecule has 5 nitrogen and oxygen atoms in total. The number of aliphatic imine (C=N–C) groups is 1. The van der Waals surface area contributed by atoms with Crippen LogP contribution >= 0.6 is 0 Å². The Morgan fingerprint density at radius 1 is 1.14 bits per heavy atom. The summed E-state index contributed by atoms with van der Waals surface area (Å²) in [4.78, 5) is 15.1. The number of rotatable bonds is 2. The van der Waals surface area contributed by atoms with Gasteiger partial charge in [-0.05, 0) is 38.0 Å². The van der Waals surface area contributed by atoms with Gasteiger partial charge >= 0.3 is 0 Å². The predicted molar refractivity (Wildman–Crippen MR) is 87.5 cm³/mol. The third-order valence-electron chi connectivity index (χ3n) is 3.65. The zero-order chi connectivity index (χ0) is 15.7. The number of anilines is 1. The highest BCUT2D eigenvalue weighted by Crippen LogP contribution is 2.27. The highest BCUT2D eigenvalue weighted by molar-refractivity contribution is 6.10. The van der Waals surface area contributed by atoms with Gasteiger partial charge in [0.2, 0.25) is 0 Å². The molecule has 0 saturated carbocycles. The van der Waals surface area contributed by atoms with Crippen LogP contribution in [-0.4, -0.2) is 16.3 Å². The molecule has 5 heteroatoms. The zero-order valence-corrected chi connectivity index (χ0v) is 12.5. The van der Waals surface area contributed by atoms with Gasteiger partial charge < -0.3 is 5.32 Å². The average Bonchev–Trinajstić information content (AvgIpc) is 2.46. The van der Waals surface area contributed by atoms with Crippen molar-refractivity contribution in [3.8, 4) is 0 Å². The van der Waals surface area contributed by atoms with Gasteiger partial charge in [0.1, 0.15) is 5.84 Å². The van der Waals surface area contributed by atoms with Crippen molar-refractivity contribution < 1.29 is 4.92 Å². The SMILES string of the molecule is CC1(C)Cc2ccccc2C(Nc2ccc([N+](=O)[O-])cc2)=N1. The molecule has 1 aliphatic heterocycles. The van der Waals surface area contributed by atoms with Crippen LogP contribution in [0.4, 0.5) is 11.4 Å². The van der Waals surface area contributed by atoms with Gasteiger partial charge in [-0.25, -0.2) is 0 Å². The number of nitro benzene ring substituents is 1. The van der Waals surface area contributed by atoms with Gasteiger partial charge in [0.15, 0.2) is 0 Å². The minimum Gasteiger partial charge on any atom is -0.340 e. The number of nitro groups is 1. The molecule has 2 aromatic carbocycles. The molecule has 3 rings (SSSR count). The van der Waals surface area contributed by atoms with Crippen LogP contribution in [-0.2, 0) is 6.42 Å². The Bertz CT molecular complexity index is 749. The molecule has 1 N–H and O–H groups in total. The molecule has 1 heterocycles. The Kier molecular flexibility index (Phi) is 3.41. The lowest BCUT2D eigenvalue weighted by Gasteiger charge is -2.29. The van der Waals surface area contributed by atoms with Crippen molar-refractivity contribution in [1.29, 1.82) is 0 Å². The molecule has 112 valence electrons. The number of nitrogens with zero attached hydrogens (tertiary/aromatic N) is 2. The summed E-state index contributed by atoms with van der Waals surface area (Å²) < 4.78 is 0. The maximum absolute atomic E-state index is 10.7. The summed E-state index contributed by atoms with van der Waals surface area (Å²) in [6, 6.07) is 14.6. The van der Waals surface area contributed by atoms with Crippen molar-refractivity contribution >= 4 is 17.2 Å². The summed E-state index contributed by atoms with van der Waals surface area (Å²) in [7, 11) is 0. The second kappa shape index (κ2) is 5.26. The highest BCUT2D eigenvalue weighted by Gasteiger charge is 2.26. The molecule has 0 unspecified atom stereocenters. The molecule has 0 atom stereocenters. The molecular weight excluding hydrogens is 278 g/mol. The van der Waals surface area contributed by atoms with E-state index in [1.165, 1.54) is 17.7 Å². The van der Waals surface area contributed by atoms with Crippen LogP contribution in [0.2, 0.25) is 0 Å². The van der Waals surface area contributed by atoms with Crippen molar-refractivity contribution in [1.82, 2.24) is 0 Å². The Morgan fingerprint density at radius 2 is 1.82 bits per heavy atom. The number of benzene rings is 2. The number of nitrogens with one attached hydrogen (secondary N) is 1. The normalized spacial score (nSPS) is 15.6. The van der Waals surface area contributed by atoms with Gasteiger partial charge in [-0.15, -0.1) is 0 Å². The molecule has 0 aliphatic carbocycles. The van der Waals surface area contributed by atoms with Gasteiger partial charge in [-0.3, -0.25) is 15.1 Å². The summed E-state index contributed by atoms with van der Waals surface area (Å²) in [6.07, 6.45) is 0.897. The largest absolute Gasteiger partial charge is 0.340 e. The van der Waals surface area contributed by atoms with Gasteiger partial charge in [-0.1, -0.05) is 24.3 Å². The topological polar surface area (TPSA) is 67.5 Å². The summed E-state index contributed by atoms with van der Waals surface area (Å²) in [6.45, 7) is 4.20.